The quantitative estimate of drug-likeness (QED) is 0.633. The van der Waals surface area contributed by atoms with E-state index in [9.17, 15) is 8.42 Å². The van der Waals surface area contributed by atoms with E-state index < -0.39 is 9.84 Å². The minimum absolute atomic E-state index is 0.0439. The van der Waals surface area contributed by atoms with Gasteiger partial charge in [-0.3, -0.25) is 4.98 Å². The summed E-state index contributed by atoms with van der Waals surface area (Å²) in [6, 6.07) is 12.9. The maximum absolute atomic E-state index is 12.8. The maximum Gasteiger partial charge on any atom is 0.209 e. The third-order valence-electron chi connectivity index (χ3n) is 3.30. The van der Waals surface area contributed by atoms with E-state index in [-0.39, 0.29) is 15.4 Å². The number of hydrogen-bond donors (Lipinski definition) is 0. The molecular weight excluding hydrogens is 400 g/mol. The number of halogens is 2. The Bertz CT molecular complexity index is 1080. The summed E-state index contributed by atoms with van der Waals surface area (Å²) in [7, 11) is -3.80. The number of benzene rings is 2. The van der Waals surface area contributed by atoms with Crippen LogP contribution in [0.15, 0.2) is 62.9 Å². The van der Waals surface area contributed by atoms with Gasteiger partial charge in [0, 0.05) is 21.1 Å². The molecule has 3 aromatic rings. The molecule has 0 radical (unpaired) electrons. The predicted molar refractivity (Wildman–Crippen MR) is 91.1 cm³/mol. The summed E-state index contributed by atoms with van der Waals surface area (Å²) in [6.45, 7) is 0. The molecule has 0 bridgehead atoms. The Morgan fingerprint density at radius 3 is 2.70 bits per heavy atom. The van der Waals surface area contributed by atoms with Gasteiger partial charge < -0.3 is 0 Å². The van der Waals surface area contributed by atoms with E-state index in [4.69, 9.17) is 16.9 Å². The van der Waals surface area contributed by atoms with Crippen molar-refractivity contribution in [1.82, 2.24) is 4.98 Å². The normalized spacial score (nSPS) is 11.3. The largest absolute Gasteiger partial charge is 0.255 e. The molecule has 114 valence electrons. The van der Waals surface area contributed by atoms with Crippen LogP contribution in [0.3, 0.4) is 0 Å². The number of nitriles is 1. The summed E-state index contributed by atoms with van der Waals surface area (Å²) < 4.78 is 26.1. The highest BCUT2D eigenvalue weighted by atomic mass is 79.9. The highest BCUT2D eigenvalue weighted by molar-refractivity contribution is 9.10. The van der Waals surface area contributed by atoms with Crippen molar-refractivity contribution >= 4 is 48.3 Å². The van der Waals surface area contributed by atoms with Crippen LogP contribution >= 0.6 is 27.5 Å². The lowest BCUT2D eigenvalue weighted by Gasteiger charge is -2.09. The molecule has 1 aromatic heterocycles. The van der Waals surface area contributed by atoms with Crippen LogP contribution < -0.4 is 0 Å². The lowest BCUT2D eigenvalue weighted by Crippen LogP contribution is -2.04. The molecule has 0 saturated carbocycles. The summed E-state index contributed by atoms with van der Waals surface area (Å²) >= 11 is 9.27. The summed E-state index contributed by atoms with van der Waals surface area (Å²) in [5.74, 6) is 0. The summed E-state index contributed by atoms with van der Waals surface area (Å²) in [5, 5.41) is 10.1. The molecule has 0 aliphatic rings. The second-order valence-corrected chi connectivity index (χ2v) is 7.89. The fourth-order valence-corrected chi connectivity index (χ4v) is 4.74. The van der Waals surface area contributed by atoms with Crippen molar-refractivity contribution in [3.63, 3.8) is 0 Å². The smallest absolute Gasteiger partial charge is 0.209 e. The van der Waals surface area contributed by atoms with Gasteiger partial charge in [0.15, 0.2) is 0 Å². The molecule has 0 aliphatic heterocycles. The topological polar surface area (TPSA) is 70.8 Å². The Kier molecular flexibility index (Phi) is 4.11. The van der Waals surface area contributed by atoms with Gasteiger partial charge in [-0.1, -0.05) is 23.7 Å². The fraction of sp³-hybridized carbons (Fsp3) is 0. The molecule has 4 nitrogen and oxygen atoms in total. The second-order valence-electron chi connectivity index (χ2n) is 4.74. The summed E-state index contributed by atoms with van der Waals surface area (Å²) in [4.78, 5) is 4.27. The predicted octanol–water partition coefficient (Wildman–Crippen LogP) is 4.36. The molecule has 0 spiro atoms. The third kappa shape index (κ3) is 2.83. The highest BCUT2D eigenvalue weighted by Crippen LogP contribution is 2.33. The van der Waals surface area contributed by atoms with E-state index in [0.717, 1.165) is 0 Å². The number of sulfone groups is 1. The van der Waals surface area contributed by atoms with E-state index >= 15 is 0 Å². The highest BCUT2D eigenvalue weighted by Gasteiger charge is 2.23. The summed E-state index contributed by atoms with van der Waals surface area (Å²) in [5.41, 5.74) is 0.872. The zero-order valence-corrected chi connectivity index (χ0v) is 14.7. The first-order valence-corrected chi connectivity index (χ1v) is 9.08. The van der Waals surface area contributed by atoms with Gasteiger partial charge in [0.05, 0.1) is 22.0 Å². The molecule has 0 amide bonds. The molecular formula is C16H8BrClN2O2S. The maximum atomic E-state index is 12.8. The molecule has 0 N–H and O–H groups in total. The van der Waals surface area contributed by atoms with Gasteiger partial charge in [-0.2, -0.15) is 5.26 Å². The van der Waals surface area contributed by atoms with Crippen LogP contribution in [0.4, 0.5) is 0 Å². The SMILES string of the molecule is N#Cc1cccc(S(=O)(=O)c2cnc3cc(Cl)ccc3c2Br)c1. The molecule has 23 heavy (non-hydrogen) atoms. The van der Waals surface area contributed by atoms with Crippen LogP contribution in [0.25, 0.3) is 10.9 Å². The van der Waals surface area contributed by atoms with Crippen LogP contribution in [0.2, 0.25) is 5.02 Å². The lowest BCUT2D eigenvalue weighted by atomic mass is 10.2. The molecule has 0 fully saturated rings. The lowest BCUT2D eigenvalue weighted by molar-refractivity contribution is 0.595. The van der Waals surface area contributed by atoms with Crippen molar-refractivity contribution in [3.8, 4) is 6.07 Å². The number of fused-ring (bicyclic) bond motifs is 1. The van der Waals surface area contributed by atoms with Crippen LogP contribution in [0, 0.1) is 11.3 Å². The van der Waals surface area contributed by atoms with Crippen molar-refractivity contribution in [3.05, 3.63) is 63.7 Å². The zero-order chi connectivity index (χ0) is 16.6. The zero-order valence-electron chi connectivity index (χ0n) is 11.5. The van der Waals surface area contributed by atoms with Gasteiger partial charge >= 0.3 is 0 Å². The molecule has 0 atom stereocenters. The number of rotatable bonds is 2. The second kappa shape index (κ2) is 5.93. The van der Waals surface area contributed by atoms with E-state index in [0.29, 0.717) is 20.4 Å². The van der Waals surface area contributed by atoms with Crippen molar-refractivity contribution in [2.45, 2.75) is 9.79 Å². The first-order valence-electron chi connectivity index (χ1n) is 6.42. The van der Waals surface area contributed by atoms with Crippen LogP contribution in [0.5, 0.6) is 0 Å². The number of hydrogen-bond acceptors (Lipinski definition) is 4. The molecule has 2 aromatic carbocycles. The van der Waals surface area contributed by atoms with Crippen molar-refractivity contribution < 1.29 is 8.42 Å². The Hall–Kier alpha value is -1.94. The van der Waals surface area contributed by atoms with Crippen LogP contribution in [0.1, 0.15) is 5.56 Å². The van der Waals surface area contributed by atoms with Crippen molar-refractivity contribution in [2.75, 3.05) is 0 Å². The van der Waals surface area contributed by atoms with Gasteiger partial charge in [-0.25, -0.2) is 8.42 Å². The molecule has 0 unspecified atom stereocenters. The van der Waals surface area contributed by atoms with Crippen molar-refractivity contribution in [2.24, 2.45) is 0 Å². The van der Waals surface area contributed by atoms with Crippen LogP contribution in [-0.4, -0.2) is 13.4 Å². The van der Waals surface area contributed by atoms with Gasteiger partial charge in [0.1, 0.15) is 4.90 Å². The first-order chi connectivity index (χ1) is 10.9. The Labute approximate surface area is 146 Å². The average molecular weight is 408 g/mol. The molecule has 1 heterocycles. The van der Waals surface area contributed by atoms with Gasteiger partial charge in [-0.15, -0.1) is 0 Å². The fourth-order valence-electron chi connectivity index (χ4n) is 2.16. The number of nitrogens with zero attached hydrogens (tertiary/aromatic N) is 2. The Morgan fingerprint density at radius 1 is 1.17 bits per heavy atom. The molecule has 0 aliphatic carbocycles. The molecule has 3 rings (SSSR count). The summed E-state index contributed by atoms with van der Waals surface area (Å²) in [6.07, 6.45) is 1.29. The van der Waals surface area contributed by atoms with Gasteiger partial charge in [0.2, 0.25) is 9.84 Å². The Morgan fingerprint density at radius 2 is 1.96 bits per heavy atom. The standard InChI is InChI=1S/C16H8BrClN2O2S/c17-16-13-5-4-11(18)7-14(13)20-9-15(16)23(21,22)12-3-1-2-10(6-12)8-19/h1-7,9H. The first kappa shape index (κ1) is 15.9. The van der Waals surface area contributed by atoms with Gasteiger partial charge in [0.25, 0.3) is 0 Å². The monoisotopic (exact) mass is 406 g/mol. The molecule has 0 saturated heterocycles. The van der Waals surface area contributed by atoms with E-state index in [1.54, 1.807) is 24.3 Å². The van der Waals surface area contributed by atoms with Crippen molar-refractivity contribution in [1.29, 1.82) is 5.26 Å². The van der Waals surface area contributed by atoms with E-state index in [1.807, 2.05) is 6.07 Å². The third-order valence-corrected chi connectivity index (χ3v) is 6.41. The van der Waals surface area contributed by atoms with Crippen LogP contribution in [-0.2, 0) is 9.84 Å². The van der Waals surface area contributed by atoms with E-state index in [1.165, 1.54) is 24.4 Å². The minimum atomic E-state index is -3.80. The number of pyridine rings is 1. The number of aromatic nitrogens is 1. The van der Waals surface area contributed by atoms with Gasteiger partial charge in [-0.05, 0) is 46.3 Å². The molecule has 7 heteroatoms. The minimum Gasteiger partial charge on any atom is -0.255 e. The van der Waals surface area contributed by atoms with E-state index in [2.05, 4.69) is 20.9 Å². The Balaban J connectivity index is 2.24. The average Bonchev–Trinajstić information content (AvgIpc) is 2.54.